The number of nitrogens with zero attached hydrogens (tertiary/aromatic N) is 2. The van der Waals surface area contributed by atoms with E-state index >= 15 is 0 Å². The Morgan fingerprint density at radius 1 is 1.24 bits per heavy atom. The number of rotatable bonds is 5. The smallest absolute Gasteiger partial charge is 0.261 e. The maximum absolute atomic E-state index is 12.8. The summed E-state index contributed by atoms with van der Waals surface area (Å²) in [4.78, 5) is 40.8. The molecule has 0 aromatic heterocycles. The molecule has 2 aliphatic heterocycles. The fraction of sp³-hybridized carbons (Fsp3) is 0.526. The molecule has 0 spiro atoms. The number of likely N-dealkylation sites (tertiary alicyclic amines) is 1. The lowest BCUT2D eigenvalue weighted by Gasteiger charge is -2.32. The van der Waals surface area contributed by atoms with E-state index in [1.54, 1.807) is 18.2 Å². The van der Waals surface area contributed by atoms with Gasteiger partial charge in [0.2, 0.25) is 0 Å². The van der Waals surface area contributed by atoms with Crippen molar-refractivity contribution in [2.45, 2.75) is 38.6 Å². The van der Waals surface area contributed by atoms with Crippen molar-refractivity contribution in [2.75, 3.05) is 26.7 Å². The summed E-state index contributed by atoms with van der Waals surface area (Å²) in [5, 5.41) is 3.22. The Balaban J connectivity index is 1.80. The monoisotopic (exact) mass is 343 g/mol. The van der Waals surface area contributed by atoms with E-state index in [0.717, 1.165) is 32.2 Å². The maximum atomic E-state index is 12.8. The highest BCUT2D eigenvalue weighted by Crippen LogP contribution is 2.25. The molecule has 6 heteroatoms. The first-order valence-electron chi connectivity index (χ1n) is 9.03. The van der Waals surface area contributed by atoms with Crippen molar-refractivity contribution in [1.82, 2.24) is 15.1 Å². The summed E-state index contributed by atoms with van der Waals surface area (Å²) in [5.74, 6) is -0.606. The molecular weight excluding hydrogens is 318 g/mol. The molecule has 0 bridgehead atoms. The van der Waals surface area contributed by atoms with Gasteiger partial charge < -0.3 is 10.2 Å². The van der Waals surface area contributed by atoms with E-state index in [0.29, 0.717) is 35.8 Å². The number of unbranched alkanes of at least 4 members (excludes halogenated alkanes) is 1. The lowest BCUT2D eigenvalue weighted by Crippen LogP contribution is -2.47. The second-order valence-corrected chi connectivity index (χ2v) is 6.75. The average Bonchev–Trinajstić information content (AvgIpc) is 2.89. The first-order valence-corrected chi connectivity index (χ1v) is 9.03. The molecule has 2 heterocycles. The van der Waals surface area contributed by atoms with Gasteiger partial charge in [0.05, 0.1) is 11.1 Å². The molecule has 1 atom stereocenters. The highest BCUT2D eigenvalue weighted by molar-refractivity contribution is 6.22. The van der Waals surface area contributed by atoms with Crippen LogP contribution in [0.5, 0.6) is 0 Å². The van der Waals surface area contributed by atoms with E-state index in [4.69, 9.17) is 0 Å². The third-order valence-electron chi connectivity index (χ3n) is 5.07. The highest BCUT2D eigenvalue weighted by atomic mass is 16.2. The standard InChI is InChI=1S/C19H25N3O3/c1-3-4-10-22-18(24)15-8-7-13(11-16(15)19(22)25)17(23)21-9-5-6-14(12-21)20-2/h7-8,11,14,20H,3-6,9-10,12H2,1-2H3. The predicted octanol–water partition coefficient (Wildman–Crippen LogP) is 1.91. The van der Waals surface area contributed by atoms with Crippen molar-refractivity contribution in [3.63, 3.8) is 0 Å². The quantitative estimate of drug-likeness (QED) is 0.829. The van der Waals surface area contributed by atoms with Crippen LogP contribution in [0.15, 0.2) is 18.2 Å². The van der Waals surface area contributed by atoms with Crippen LogP contribution in [0.3, 0.4) is 0 Å². The van der Waals surface area contributed by atoms with E-state index < -0.39 is 0 Å². The molecule has 1 fully saturated rings. The molecule has 0 radical (unpaired) electrons. The second-order valence-electron chi connectivity index (χ2n) is 6.75. The van der Waals surface area contributed by atoms with Crippen LogP contribution < -0.4 is 5.32 Å². The number of carbonyl (C=O) groups is 3. The summed E-state index contributed by atoms with van der Waals surface area (Å²) in [6, 6.07) is 5.18. The number of likely N-dealkylation sites (N-methyl/N-ethyl adjacent to an activating group) is 1. The van der Waals surface area contributed by atoms with Gasteiger partial charge in [-0.25, -0.2) is 0 Å². The number of hydrogen-bond acceptors (Lipinski definition) is 4. The van der Waals surface area contributed by atoms with Crippen LogP contribution in [0.25, 0.3) is 0 Å². The maximum Gasteiger partial charge on any atom is 0.261 e. The molecule has 1 unspecified atom stereocenters. The Kier molecular flexibility index (Phi) is 5.18. The van der Waals surface area contributed by atoms with Crippen LogP contribution in [0.4, 0.5) is 0 Å². The summed E-state index contributed by atoms with van der Waals surface area (Å²) >= 11 is 0. The van der Waals surface area contributed by atoms with Crippen LogP contribution in [0.2, 0.25) is 0 Å². The van der Waals surface area contributed by atoms with Gasteiger partial charge in [0.25, 0.3) is 17.7 Å². The summed E-state index contributed by atoms with van der Waals surface area (Å²) in [6.45, 7) is 3.85. The topological polar surface area (TPSA) is 69.7 Å². The van der Waals surface area contributed by atoms with Gasteiger partial charge in [0.15, 0.2) is 0 Å². The number of amides is 3. The molecule has 1 aromatic carbocycles. The Morgan fingerprint density at radius 2 is 2.00 bits per heavy atom. The van der Waals surface area contributed by atoms with Crippen LogP contribution in [-0.4, -0.2) is 60.2 Å². The molecule has 2 aliphatic rings. The van der Waals surface area contributed by atoms with E-state index in [1.165, 1.54) is 4.90 Å². The molecular formula is C19H25N3O3. The third-order valence-corrected chi connectivity index (χ3v) is 5.07. The minimum atomic E-state index is -0.283. The van der Waals surface area contributed by atoms with Crippen molar-refractivity contribution < 1.29 is 14.4 Å². The second kappa shape index (κ2) is 7.35. The Labute approximate surface area is 148 Å². The first kappa shape index (κ1) is 17.6. The molecule has 3 amide bonds. The minimum absolute atomic E-state index is 0.0741. The molecule has 134 valence electrons. The molecule has 0 aliphatic carbocycles. The largest absolute Gasteiger partial charge is 0.337 e. The zero-order valence-corrected chi connectivity index (χ0v) is 14.9. The van der Waals surface area contributed by atoms with Gasteiger partial charge in [-0.3, -0.25) is 19.3 Å². The lowest BCUT2D eigenvalue weighted by atomic mass is 10.0. The van der Waals surface area contributed by atoms with Gasteiger partial charge in [-0.1, -0.05) is 13.3 Å². The predicted molar refractivity (Wildman–Crippen MR) is 94.7 cm³/mol. The fourth-order valence-electron chi connectivity index (χ4n) is 3.52. The molecule has 0 saturated carbocycles. The van der Waals surface area contributed by atoms with E-state index in [9.17, 15) is 14.4 Å². The van der Waals surface area contributed by atoms with E-state index in [-0.39, 0.29) is 17.7 Å². The summed E-state index contributed by atoms with van der Waals surface area (Å²) in [5.41, 5.74) is 1.24. The Bertz CT molecular complexity index is 701. The number of benzene rings is 1. The van der Waals surface area contributed by atoms with Gasteiger partial charge in [-0.05, 0) is 44.5 Å². The molecule has 3 rings (SSSR count). The number of hydrogen-bond donors (Lipinski definition) is 1. The van der Waals surface area contributed by atoms with Gasteiger partial charge in [0, 0.05) is 31.2 Å². The average molecular weight is 343 g/mol. The zero-order chi connectivity index (χ0) is 18.0. The zero-order valence-electron chi connectivity index (χ0n) is 14.9. The van der Waals surface area contributed by atoms with Gasteiger partial charge in [-0.15, -0.1) is 0 Å². The van der Waals surface area contributed by atoms with Crippen LogP contribution in [0.1, 0.15) is 63.7 Å². The highest BCUT2D eigenvalue weighted by Gasteiger charge is 2.36. The minimum Gasteiger partial charge on any atom is -0.337 e. The summed E-state index contributed by atoms with van der Waals surface area (Å²) < 4.78 is 0. The normalized spacial score (nSPS) is 20.2. The third kappa shape index (κ3) is 3.31. The van der Waals surface area contributed by atoms with Crippen molar-refractivity contribution in [2.24, 2.45) is 0 Å². The number of piperidine rings is 1. The molecule has 1 N–H and O–H groups in total. The van der Waals surface area contributed by atoms with Gasteiger partial charge >= 0.3 is 0 Å². The van der Waals surface area contributed by atoms with Gasteiger partial charge in [0.1, 0.15) is 0 Å². The molecule has 25 heavy (non-hydrogen) atoms. The molecule has 1 aromatic rings. The van der Waals surface area contributed by atoms with E-state index in [2.05, 4.69) is 5.32 Å². The fourth-order valence-corrected chi connectivity index (χ4v) is 3.52. The lowest BCUT2D eigenvalue weighted by molar-refractivity contribution is 0.0651. The van der Waals surface area contributed by atoms with Gasteiger partial charge in [-0.2, -0.15) is 0 Å². The molecule has 1 saturated heterocycles. The number of nitrogens with one attached hydrogen (secondary N) is 1. The van der Waals surface area contributed by atoms with Crippen LogP contribution in [-0.2, 0) is 0 Å². The van der Waals surface area contributed by atoms with Crippen LogP contribution in [0, 0.1) is 0 Å². The number of fused-ring (bicyclic) bond motifs is 1. The van der Waals surface area contributed by atoms with Crippen molar-refractivity contribution in [3.8, 4) is 0 Å². The Hall–Kier alpha value is -2.21. The number of carbonyl (C=O) groups excluding carboxylic acids is 3. The summed E-state index contributed by atoms with van der Waals surface area (Å²) in [7, 11) is 1.91. The summed E-state index contributed by atoms with van der Waals surface area (Å²) in [6.07, 6.45) is 3.73. The number of imide groups is 1. The van der Waals surface area contributed by atoms with Crippen molar-refractivity contribution >= 4 is 17.7 Å². The molecule has 6 nitrogen and oxygen atoms in total. The van der Waals surface area contributed by atoms with Crippen LogP contribution >= 0.6 is 0 Å². The Morgan fingerprint density at radius 3 is 2.72 bits per heavy atom. The van der Waals surface area contributed by atoms with E-state index in [1.807, 2.05) is 18.9 Å². The first-order chi connectivity index (χ1) is 12.1. The van der Waals surface area contributed by atoms with Crippen molar-refractivity contribution in [3.05, 3.63) is 34.9 Å². The van der Waals surface area contributed by atoms with Crippen molar-refractivity contribution in [1.29, 1.82) is 0 Å². The SMILES string of the molecule is CCCCN1C(=O)c2ccc(C(=O)N3CCCC(NC)C3)cc2C1=O.